The van der Waals surface area contributed by atoms with E-state index >= 15 is 0 Å². The van der Waals surface area contributed by atoms with Crippen LogP contribution in [0.2, 0.25) is 0 Å². The molecular weight excluding hydrogens is 230 g/mol. The molecule has 0 aromatic rings. The van der Waals surface area contributed by atoms with E-state index in [1.54, 1.807) is 14.1 Å². The van der Waals surface area contributed by atoms with Crippen LogP contribution in [-0.4, -0.2) is 48.4 Å². The molecule has 0 saturated carbocycles. The average molecular weight is 241 g/mol. The second-order valence-electron chi connectivity index (χ2n) is 4.31. The van der Waals surface area contributed by atoms with Gasteiger partial charge in [-0.1, -0.05) is 0 Å². The van der Waals surface area contributed by atoms with Gasteiger partial charge in [-0.3, -0.25) is 19.3 Å². The third kappa shape index (κ3) is 1.54. The lowest BCUT2D eigenvalue weighted by Crippen LogP contribution is -2.55. The summed E-state index contributed by atoms with van der Waals surface area (Å²) in [7, 11) is 3.10. The maximum Gasteiger partial charge on any atom is 0.335 e. The van der Waals surface area contributed by atoms with Crippen molar-refractivity contribution in [2.45, 2.75) is 18.4 Å². The fourth-order valence-corrected chi connectivity index (χ4v) is 2.28. The van der Waals surface area contributed by atoms with Crippen molar-refractivity contribution in [1.29, 1.82) is 0 Å². The largest absolute Gasteiger partial charge is 0.393 e. The SMILES string of the molecule is CN(C)C1([C@H]2CC(=O)OC2=O)CC(=O)OC1=O. The summed E-state index contributed by atoms with van der Waals surface area (Å²) in [6.45, 7) is 0. The highest BCUT2D eigenvalue weighted by molar-refractivity contribution is 6.06. The van der Waals surface area contributed by atoms with Crippen molar-refractivity contribution in [2.24, 2.45) is 5.92 Å². The topological polar surface area (TPSA) is 90.0 Å². The van der Waals surface area contributed by atoms with Crippen LogP contribution < -0.4 is 0 Å². The fourth-order valence-electron chi connectivity index (χ4n) is 2.28. The summed E-state index contributed by atoms with van der Waals surface area (Å²) in [4.78, 5) is 47.1. The van der Waals surface area contributed by atoms with Crippen molar-refractivity contribution in [2.75, 3.05) is 14.1 Å². The van der Waals surface area contributed by atoms with Crippen LogP contribution in [0.1, 0.15) is 12.8 Å². The lowest BCUT2D eigenvalue weighted by Gasteiger charge is -2.33. The summed E-state index contributed by atoms with van der Waals surface area (Å²) in [5.41, 5.74) is -1.42. The number of hydrogen-bond acceptors (Lipinski definition) is 7. The van der Waals surface area contributed by atoms with Crippen molar-refractivity contribution >= 4 is 23.9 Å². The summed E-state index contributed by atoms with van der Waals surface area (Å²) in [6, 6.07) is 0. The van der Waals surface area contributed by atoms with Gasteiger partial charge in [-0.15, -0.1) is 0 Å². The highest BCUT2D eigenvalue weighted by atomic mass is 16.6. The zero-order chi connectivity index (χ0) is 12.8. The minimum absolute atomic E-state index is 0.209. The Kier molecular flexibility index (Phi) is 2.50. The molecule has 2 rings (SSSR count). The highest BCUT2D eigenvalue weighted by Gasteiger charge is 2.61. The Morgan fingerprint density at radius 2 is 1.76 bits per heavy atom. The van der Waals surface area contributed by atoms with E-state index in [1.165, 1.54) is 4.90 Å². The molecule has 17 heavy (non-hydrogen) atoms. The number of nitrogens with zero attached hydrogens (tertiary/aromatic N) is 1. The normalized spacial score (nSPS) is 33.2. The first-order valence-corrected chi connectivity index (χ1v) is 5.05. The van der Waals surface area contributed by atoms with Crippen LogP contribution in [0.3, 0.4) is 0 Å². The third-order valence-electron chi connectivity index (χ3n) is 3.22. The molecule has 7 heteroatoms. The van der Waals surface area contributed by atoms with Crippen molar-refractivity contribution in [3.63, 3.8) is 0 Å². The van der Waals surface area contributed by atoms with Gasteiger partial charge in [-0.25, -0.2) is 4.79 Å². The molecule has 2 fully saturated rings. The Balaban J connectivity index is 2.42. The molecule has 2 saturated heterocycles. The van der Waals surface area contributed by atoms with Gasteiger partial charge < -0.3 is 9.47 Å². The number of esters is 4. The molecule has 0 aliphatic carbocycles. The minimum atomic E-state index is -1.42. The van der Waals surface area contributed by atoms with Crippen LogP contribution in [0, 0.1) is 5.92 Å². The molecule has 7 nitrogen and oxygen atoms in total. The summed E-state index contributed by atoms with van der Waals surface area (Å²) in [5.74, 6) is -3.95. The second kappa shape index (κ2) is 3.63. The zero-order valence-electron chi connectivity index (χ0n) is 9.39. The van der Waals surface area contributed by atoms with E-state index in [2.05, 4.69) is 9.47 Å². The first-order valence-electron chi connectivity index (χ1n) is 5.05. The maximum atomic E-state index is 11.8. The third-order valence-corrected chi connectivity index (χ3v) is 3.22. The lowest BCUT2D eigenvalue weighted by molar-refractivity contribution is -0.162. The summed E-state index contributed by atoms with van der Waals surface area (Å²) < 4.78 is 8.92. The standard InChI is InChI=1S/C10H11NO6/c1-11(2)10(4-7(13)17-9(10)15)5-3-6(12)16-8(5)14/h5H,3-4H2,1-2H3/t5-,10?/m0/s1. The van der Waals surface area contributed by atoms with Crippen LogP contribution in [0.25, 0.3) is 0 Å². The molecule has 0 spiro atoms. The molecule has 2 aliphatic rings. The average Bonchev–Trinajstić information content (AvgIpc) is 2.67. The maximum absolute atomic E-state index is 11.8. The number of likely N-dealkylation sites (N-methyl/N-ethyl adjacent to an activating group) is 1. The van der Waals surface area contributed by atoms with E-state index < -0.39 is 35.3 Å². The number of rotatable bonds is 2. The van der Waals surface area contributed by atoms with Crippen LogP contribution in [0.4, 0.5) is 0 Å². The van der Waals surface area contributed by atoms with Crippen molar-refractivity contribution in [3.05, 3.63) is 0 Å². The molecule has 2 atom stereocenters. The molecule has 0 N–H and O–H groups in total. The van der Waals surface area contributed by atoms with Gasteiger partial charge in [0.2, 0.25) is 0 Å². The predicted molar refractivity (Wildman–Crippen MR) is 51.3 cm³/mol. The first-order chi connectivity index (χ1) is 7.87. The smallest absolute Gasteiger partial charge is 0.335 e. The van der Waals surface area contributed by atoms with Crippen molar-refractivity contribution in [1.82, 2.24) is 4.90 Å². The van der Waals surface area contributed by atoms with Crippen molar-refractivity contribution < 1.29 is 28.7 Å². The van der Waals surface area contributed by atoms with Crippen molar-refractivity contribution in [3.8, 4) is 0 Å². The molecule has 0 amide bonds. The van der Waals surface area contributed by atoms with Gasteiger partial charge >= 0.3 is 23.9 Å². The molecule has 1 unspecified atom stereocenters. The van der Waals surface area contributed by atoms with E-state index in [9.17, 15) is 19.2 Å². The summed E-state index contributed by atoms with van der Waals surface area (Å²) in [6.07, 6.45) is -0.453. The van der Waals surface area contributed by atoms with Crippen LogP contribution >= 0.6 is 0 Å². The molecule has 0 radical (unpaired) electrons. The van der Waals surface area contributed by atoms with Gasteiger partial charge in [-0.05, 0) is 14.1 Å². The van der Waals surface area contributed by atoms with Crippen LogP contribution in [0.15, 0.2) is 0 Å². The van der Waals surface area contributed by atoms with Gasteiger partial charge in [0.15, 0.2) is 0 Å². The number of cyclic esters (lactones) is 4. The van der Waals surface area contributed by atoms with Gasteiger partial charge in [0.1, 0.15) is 5.54 Å². The molecule has 2 heterocycles. The van der Waals surface area contributed by atoms with E-state index in [1.807, 2.05) is 0 Å². The first kappa shape index (κ1) is 11.7. The van der Waals surface area contributed by atoms with Gasteiger partial charge in [0, 0.05) is 0 Å². The molecule has 2 aliphatic heterocycles. The fraction of sp³-hybridized carbons (Fsp3) is 0.600. The van der Waals surface area contributed by atoms with Gasteiger partial charge in [-0.2, -0.15) is 0 Å². The summed E-state index contributed by atoms with van der Waals surface area (Å²) >= 11 is 0. The van der Waals surface area contributed by atoms with Gasteiger partial charge in [0.05, 0.1) is 18.8 Å². The summed E-state index contributed by atoms with van der Waals surface area (Å²) in [5, 5.41) is 0. The predicted octanol–water partition coefficient (Wildman–Crippen LogP) is -1.15. The minimum Gasteiger partial charge on any atom is -0.393 e. The molecular formula is C10H11NO6. The number of hydrogen-bond donors (Lipinski definition) is 0. The Labute approximate surface area is 96.6 Å². The molecule has 92 valence electrons. The van der Waals surface area contributed by atoms with Crippen LogP contribution in [0.5, 0.6) is 0 Å². The van der Waals surface area contributed by atoms with E-state index in [0.717, 1.165) is 0 Å². The number of ether oxygens (including phenoxy) is 2. The quantitative estimate of drug-likeness (QED) is 0.445. The van der Waals surface area contributed by atoms with E-state index in [-0.39, 0.29) is 12.8 Å². The monoisotopic (exact) mass is 241 g/mol. The Hall–Kier alpha value is -1.76. The Morgan fingerprint density at radius 3 is 2.12 bits per heavy atom. The Bertz CT molecular complexity index is 429. The number of carbonyl (C=O) groups excluding carboxylic acids is 4. The Morgan fingerprint density at radius 1 is 1.12 bits per heavy atom. The second-order valence-corrected chi connectivity index (χ2v) is 4.31. The van der Waals surface area contributed by atoms with E-state index in [0.29, 0.717) is 0 Å². The molecule has 0 bridgehead atoms. The lowest BCUT2D eigenvalue weighted by atomic mass is 9.80. The highest BCUT2D eigenvalue weighted by Crippen LogP contribution is 2.39. The van der Waals surface area contributed by atoms with Gasteiger partial charge in [0.25, 0.3) is 0 Å². The molecule has 0 aromatic heterocycles. The number of carbonyl (C=O) groups is 4. The zero-order valence-corrected chi connectivity index (χ0v) is 9.39. The van der Waals surface area contributed by atoms with Crippen LogP contribution in [-0.2, 0) is 28.7 Å². The molecule has 0 aromatic carbocycles. The van der Waals surface area contributed by atoms with E-state index in [4.69, 9.17) is 0 Å².